The van der Waals surface area contributed by atoms with E-state index in [0.717, 1.165) is 12.8 Å². The van der Waals surface area contributed by atoms with Crippen LogP contribution in [0.3, 0.4) is 0 Å². The van der Waals surface area contributed by atoms with Crippen molar-refractivity contribution in [2.24, 2.45) is 0 Å². The average Bonchev–Trinajstić information content (AvgIpc) is 1.64. The summed E-state index contributed by atoms with van der Waals surface area (Å²) in [7, 11) is 0. The smallest absolute Gasteiger partial charge is 0.0985 e. The molecule has 0 spiro atoms. The maximum atomic E-state index is 5.96. The highest BCUT2D eigenvalue weighted by molar-refractivity contribution is 9.11. The largest absolute Gasteiger partial charge is 0.148 e. The Morgan fingerprint density at radius 2 is 1.33 bits per heavy atom. The highest BCUT2D eigenvalue weighted by Gasteiger charge is 2.83. The van der Waals surface area contributed by atoms with E-state index >= 15 is 0 Å². The summed E-state index contributed by atoms with van der Waals surface area (Å²) in [6.07, 6.45) is 2.10. The van der Waals surface area contributed by atoms with Gasteiger partial charge in [-0.25, -0.2) is 0 Å². The molecule has 52 valence electrons. The van der Waals surface area contributed by atoms with Gasteiger partial charge in [0.05, 0.1) is 8.65 Å². The lowest BCUT2D eigenvalue weighted by atomic mass is 9.54. The van der Waals surface area contributed by atoms with Gasteiger partial charge in [-0.2, -0.15) is 0 Å². The van der Waals surface area contributed by atoms with Gasteiger partial charge in [-0.1, -0.05) is 55.1 Å². The second kappa shape index (κ2) is 1.50. The van der Waals surface area contributed by atoms with Crippen molar-refractivity contribution in [1.82, 2.24) is 0 Å². The van der Waals surface area contributed by atoms with Crippen LogP contribution in [0.2, 0.25) is 0 Å². The summed E-state index contributed by atoms with van der Waals surface area (Å²) in [5, 5.41) is 0. The fraction of sp³-hybridized carbons (Fsp3) is 1.00. The summed E-state index contributed by atoms with van der Waals surface area (Å²) in [5.74, 6) is 0. The SMILES string of the molecule is ClC1(Cl)C2(Br)CC1(Br)C2. The Morgan fingerprint density at radius 1 is 1.00 bits per heavy atom. The molecule has 0 atom stereocenters. The van der Waals surface area contributed by atoms with E-state index in [0.29, 0.717) is 0 Å². The molecule has 2 bridgehead atoms. The van der Waals surface area contributed by atoms with Gasteiger partial charge in [0.2, 0.25) is 0 Å². The summed E-state index contributed by atoms with van der Waals surface area (Å²) >= 11 is 18.9. The molecule has 0 aromatic rings. The third-order valence-corrected chi connectivity index (χ3v) is 6.92. The fourth-order valence-corrected chi connectivity index (χ4v) is 5.70. The molecule has 9 heavy (non-hydrogen) atoms. The molecule has 3 aliphatic carbocycles. The Morgan fingerprint density at radius 3 is 1.33 bits per heavy atom. The van der Waals surface area contributed by atoms with Crippen molar-refractivity contribution in [1.29, 1.82) is 0 Å². The van der Waals surface area contributed by atoms with Gasteiger partial charge in [0, 0.05) is 0 Å². The predicted octanol–water partition coefficient (Wildman–Crippen LogP) is 3.24. The van der Waals surface area contributed by atoms with E-state index in [-0.39, 0.29) is 8.65 Å². The Labute approximate surface area is 80.5 Å². The maximum Gasteiger partial charge on any atom is 0.148 e. The van der Waals surface area contributed by atoms with Crippen LogP contribution in [-0.2, 0) is 0 Å². The van der Waals surface area contributed by atoms with Crippen LogP contribution in [0.5, 0.6) is 0 Å². The number of rotatable bonds is 0. The molecule has 0 aromatic carbocycles. The molecule has 3 aliphatic rings. The van der Waals surface area contributed by atoms with Gasteiger partial charge in [-0.05, 0) is 12.8 Å². The fourth-order valence-electron chi connectivity index (χ4n) is 1.47. The number of hydrogen-bond donors (Lipinski definition) is 0. The van der Waals surface area contributed by atoms with Crippen molar-refractivity contribution in [3.8, 4) is 0 Å². The lowest BCUT2D eigenvalue weighted by Crippen LogP contribution is -2.81. The molecular weight excluding hydrogens is 291 g/mol. The minimum absolute atomic E-state index is 0.0204. The van der Waals surface area contributed by atoms with Crippen LogP contribution in [0.15, 0.2) is 0 Å². The lowest BCUT2D eigenvalue weighted by Gasteiger charge is -2.73. The monoisotopic (exact) mass is 292 g/mol. The highest BCUT2D eigenvalue weighted by Crippen LogP contribution is 2.80. The quantitative estimate of drug-likeness (QED) is 0.602. The van der Waals surface area contributed by atoms with E-state index in [9.17, 15) is 0 Å². The summed E-state index contributed by atoms with van der Waals surface area (Å²) in [6.45, 7) is 0. The van der Waals surface area contributed by atoms with Crippen LogP contribution in [-0.4, -0.2) is 13.0 Å². The number of alkyl halides is 4. The predicted molar refractivity (Wildman–Crippen MR) is 47.0 cm³/mol. The summed E-state index contributed by atoms with van der Waals surface area (Å²) in [4.78, 5) is 0. The molecule has 0 saturated heterocycles. The normalized spacial score (nSPS) is 60.0. The summed E-state index contributed by atoms with van der Waals surface area (Å²) < 4.78 is -0.529. The van der Waals surface area contributed by atoms with Crippen LogP contribution >= 0.6 is 55.1 Å². The van der Waals surface area contributed by atoms with Crippen LogP contribution in [0.25, 0.3) is 0 Å². The van der Waals surface area contributed by atoms with E-state index in [2.05, 4.69) is 31.9 Å². The van der Waals surface area contributed by atoms with E-state index in [1.807, 2.05) is 0 Å². The van der Waals surface area contributed by atoms with Crippen molar-refractivity contribution in [2.45, 2.75) is 25.8 Å². The van der Waals surface area contributed by atoms with Crippen molar-refractivity contribution in [3.63, 3.8) is 0 Å². The zero-order valence-corrected chi connectivity index (χ0v) is 9.11. The molecule has 0 heterocycles. The first-order chi connectivity index (χ1) is 3.91. The molecule has 3 saturated carbocycles. The zero-order chi connectivity index (χ0) is 6.91. The van der Waals surface area contributed by atoms with Gasteiger partial charge in [-0.15, -0.1) is 0 Å². The minimum Gasteiger partial charge on any atom is -0.0985 e. The van der Waals surface area contributed by atoms with E-state index in [1.165, 1.54) is 0 Å². The van der Waals surface area contributed by atoms with Crippen LogP contribution in [0.1, 0.15) is 12.8 Å². The maximum absolute atomic E-state index is 5.96. The lowest BCUT2D eigenvalue weighted by molar-refractivity contribution is 0.0909. The molecule has 0 aliphatic heterocycles. The molecule has 0 aromatic heterocycles. The topological polar surface area (TPSA) is 0 Å². The summed E-state index contributed by atoms with van der Waals surface area (Å²) in [6, 6.07) is 0. The van der Waals surface area contributed by atoms with Gasteiger partial charge in [-0.3, -0.25) is 0 Å². The van der Waals surface area contributed by atoms with Gasteiger partial charge in [0.25, 0.3) is 0 Å². The molecule has 0 nitrogen and oxygen atoms in total. The molecule has 4 heteroatoms. The zero-order valence-electron chi connectivity index (χ0n) is 4.43. The van der Waals surface area contributed by atoms with Crippen molar-refractivity contribution >= 4 is 55.1 Å². The van der Waals surface area contributed by atoms with E-state index < -0.39 is 4.33 Å². The van der Waals surface area contributed by atoms with Crippen LogP contribution < -0.4 is 0 Å². The minimum atomic E-state index is -0.569. The molecule has 0 amide bonds. The van der Waals surface area contributed by atoms with Gasteiger partial charge in [0.1, 0.15) is 4.33 Å². The molecule has 0 unspecified atom stereocenters. The standard InChI is InChI=1S/C5H4Br2Cl2/c6-3-1-4(7,2-3)5(3,8)9/h1-2H2. The second-order valence-corrected chi connectivity index (χ2v) is 7.22. The Kier molecular flexibility index (Phi) is 1.20. The second-order valence-electron chi connectivity index (χ2n) is 2.86. The Bertz CT molecular complexity index is 156. The average molecular weight is 295 g/mol. The first kappa shape index (κ1) is 7.20. The van der Waals surface area contributed by atoms with Crippen LogP contribution in [0, 0.1) is 0 Å². The Balaban J connectivity index is 2.31. The molecule has 0 N–H and O–H groups in total. The number of hydrogen-bond acceptors (Lipinski definition) is 0. The third-order valence-electron chi connectivity index (χ3n) is 2.25. The molecule has 3 rings (SSSR count). The van der Waals surface area contributed by atoms with Gasteiger partial charge in [0.15, 0.2) is 0 Å². The third kappa shape index (κ3) is 0.545. The molecule has 3 fully saturated rings. The molecular formula is C5H4Br2Cl2. The van der Waals surface area contributed by atoms with Crippen molar-refractivity contribution < 1.29 is 0 Å². The van der Waals surface area contributed by atoms with Crippen molar-refractivity contribution in [2.75, 3.05) is 0 Å². The van der Waals surface area contributed by atoms with Crippen molar-refractivity contribution in [3.05, 3.63) is 0 Å². The Hall–Kier alpha value is 1.54. The number of halogens is 4. The summed E-state index contributed by atoms with van der Waals surface area (Å²) in [5.41, 5.74) is 0. The first-order valence-electron chi connectivity index (χ1n) is 2.67. The van der Waals surface area contributed by atoms with E-state index in [1.54, 1.807) is 0 Å². The highest BCUT2D eigenvalue weighted by atomic mass is 79.9. The van der Waals surface area contributed by atoms with Gasteiger partial charge < -0.3 is 0 Å². The molecule has 0 radical (unpaired) electrons. The van der Waals surface area contributed by atoms with Gasteiger partial charge >= 0.3 is 0 Å². The van der Waals surface area contributed by atoms with E-state index in [4.69, 9.17) is 23.2 Å². The van der Waals surface area contributed by atoms with Crippen LogP contribution in [0.4, 0.5) is 0 Å². The first-order valence-corrected chi connectivity index (χ1v) is 5.01.